The zero-order valence-electron chi connectivity index (χ0n) is 16.3. The van der Waals surface area contributed by atoms with Crippen molar-refractivity contribution in [1.82, 2.24) is 25.2 Å². The quantitative estimate of drug-likeness (QED) is 0.878. The number of hydrogen-bond donors (Lipinski definition) is 1. The Bertz CT molecular complexity index is 760. The summed E-state index contributed by atoms with van der Waals surface area (Å²) in [6.45, 7) is 3.08. The molecule has 27 heavy (non-hydrogen) atoms. The highest BCUT2D eigenvalue weighted by Gasteiger charge is 2.28. The van der Waals surface area contributed by atoms with Gasteiger partial charge in [-0.1, -0.05) is 24.4 Å². The minimum atomic E-state index is 0.440. The van der Waals surface area contributed by atoms with Gasteiger partial charge >= 0.3 is 0 Å². The number of H-pyrrole nitrogens is 1. The van der Waals surface area contributed by atoms with Crippen molar-refractivity contribution in [2.24, 2.45) is 0 Å². The third-order valence-electron chi connectivity index (χ3n) is 6.79. The number of hydrogen-bond acceptors (Lipinski definition) is 5. The van der Waals surface area contributed by atoms with Crippen molar-refractivity contribution < 1.29 is 4.52 Å². The number of fused-ring (bicyclic) bond motifs is 1. The van der Waals surface area contributed by atoms with Crippen LogP contribution in [0.1, 0.15) is 98.3 Å². The van der Waals surface area contributed by atoms with Gasteiger partial charge in [0.1, 0.15) is 17.3 Å². The highest BCUT2D eigenvalue weighted by atomic mass is 16.5. The van der Waals surface area contributed by atoms with E-state index < -0.39 is 0 Å². The van der Waals surface area contributed by atoms with Gasteiger partial charge in [0.25, 0.3) is 0 Å². The molecule has 1 aliphatic heterocycles. The molecule has 1 unspecified atom stereocenters. The maximum Gasteiger partial charge on any atom is 0.155 e. The van der Waals surface area contributed by atoms with Gasteiger partial charge in [-0.25, -0.2) is 4.98 Å². The zero-order valence-corrected chi connectivity index (χ0v) is 16.3. The smallest absolute Gasteiger partial charge is 0.155 e. The second-order valence-electron chi connectivity index (χ2n) is 8.73. The van der Waals surface area contributed by atoms with Crippen LogP contribution in [-0.2, 0) is 19.4 Å². The van der Waals surface area contributed by atoms with Crippen LogP contribution >= 0.6 is 0 Å². The number of likely N-dealkylation sites (tertiary alicyclic amines) is 1. The van der Waals surface area contributed by atoms with Gasteiger partial charge in [-0.15, -0.1) is 0 Å². The molecule has 1 saturated carbocycles. The topological polar surface area (TPSA) is 70.8 Å². The first-order chi connectivity index (χ1) is 13.4. The number of piperidine rings is 1. The minimum absolute atomic E-state index is 0.440. The summed E-state index contributed by atoms with van der Waals surface area (Å²) < 4.78 is 5.60. The lowest BCUT2D eigenvalue weighted by molar-refractivity contribution is 0.191. The van der Waals surface area contributed by atoms with E-state index in [9.17, 15) is 0 Å². The van der Waals surface area contributed by atoms with Crippen LogP contribution in [0.2, 0.25) is 0 Å². The predicted octanol–water partition coefficient (Wildman–Crippen LogP) is 4.10. The molecule has 6 nitrogen and oxygen atoms in total. The lowest BCUT2D eigenvalue weighted by Gasteiger charge is -2.31. The van der Waals surface area contributed by atoms with Crippen molar-refractivity contribution in [3.8, 4) is 0 Å². The molecular formula is C21H31N5O. The second kappa shape index (κ2) is 7.74. The van der Waals surface area contributed by atoms with Gasteiger partial charge in [-0.05, 0) is 51.5 Å². The number of aromatic nitrogens is 4. The zero-order chi connectivity index (χ0) is 18.1. The maximum absolute atomic E-state index is 5.60. The molecule has 2 aliphatic carbocycles. The first-order valence-electron chi connectivity index (χ1n) is 11.0. The molecule has 0 aromatic carbocycles. The van der Waals surface area contributed by atoms with Gasteiger partial charge in [0.05, 0.1) is 0 Å². The van der Waals surface area contributed by atoms with E-state index in [0.29, 0.717) is 11.8 Å². The fourth-order valence-electron chi connectivity index (χ4n) is 5.22. The maximum atomic E-state index is 5.60. The average Bonchev–Trinajstić information content (AvgIpc) is 3.37. The predicted molar refractivity (Wildman–Crippen MR) is 103 cm³/mol. The molecule has 1 N–H and O–H groups in total. The average molecular weight is 370 g/mol. The van der Waals surface area contributed by atoms with E-state index in [1.807, 2.05) is 0 Å². The van der Waals surface area contributed by atoms with Gasteiger partial charge in [0, 0.05) is 36.9 Å². The van der Waals surface area contributed by atoms with Crippen molar-refractivity contribution in [1.29, 1.82) is 0 Å². The Hall–Kier alpha value is -1.69. The van der Waals surface area contributed by atoms with Crippen LogP contribution in [0.3, 0.4) is 0 Å². The van der Waals surface area contributed by atoms with E-state index in [2.05, 4.69) is 20.3 Å². The van der Waals surface area contributed by atoms with Crippen molar-refractivity contribution in [3.05, 3.63) is 28.7 Å². The van der Waals surface area contributed by atoms with Crippen molar-refractivity contribution in [3.63, 3.8) is 0 Å². The SMILES string of the molecule is C1CCC(c2nc(C3CCCN(Cc4noc5c4CCCC5)C3)n[nH]2)CC1. The molecule has 2 aromatic heterocycles. The van der Waals surface area contributed by atoms with Crippen LogP contribution in [0.15, 0.2) is 4.52 Å². The molecule has 1 saturated heterocycles. The van der Waals surface area contributed by atoms with E-state index in [4.69, 9.17) is 9.51 Å². The molecule has 0 spiro atoms. The Morgan fingerprint density at radius 1 is 0.963 bits per heavy atom. The third kappa shape index (κ3) is 3.68. The van der Waals surface area contributed by atoms with Gasteiger partial charge < -0.3 is 4.52 Å². The Kier molecular flexibility index (Phi) is 4.99. The molecule has 2 fully saturated rings. The van der Waals surface area contributed by atoms with E-state index in [-0.39, 0.29) is 0 Å². The molecule has 0 bridgehead atoms. The van der Waals surface area contributed by atoms with Crippen molar-refractivity contribution in [2.45, 2.75) is 89.0 Å². The number of nitrogens with one attached hydrogen (secondary N) is 1. The molecule has 0 amide bonds. The summed E-state index contributed by atoms with van der Waals surface area (Å²) >= 11 is 0. The molecule has 0 radical (unpaired) electrons. The summed E-state index contributed by atoms with van der Waals surface area (Å²) in [5.74, 6) is 4.34. The van der Waals surface area contributed by atoms with Crippen LogP contribution in [0.4, 0.5) is 0 Å². The summed E-state index contributed by atoms with van der Waals surface area (Å²) in [5.41, 5.74) is 2.56. The highest BCUT2D eigenvalue weighted by Crippen LogP contribution is 2.33. The fourth-order valence-corrected chi connectivity index (χ4v) is 5.22. The van der Waals surface area contributed by atoms with E-state index >= 15 is 0 Å². The Morgan fingerprint density at radius 3 is 2.74 bits per heavy atom. The summed E-state index contributed by atoms with van der Waals surface area (Å²) in [6, 6.07) is 0. The molecule has 3 heterocycles. The van der Waals surface area contributed by atoms with E-state index in [1.165, 1.54) is 69.0 Å². The molecule has 5 rings (SSSR count). The summed E-state index contributed by atoms with van der Waals surface area (Å²) in [4.78, 5) is 7.46. The van der Waals surface area contributed by atoms with Crippen molar-refractivity contribution >= 4 is 0 Å². The molecule has 6 heteroatoms. The van der Waals surface area contributed by atoms with E-state index in [0.717, 1.165) is 49.9 Å². The standard InChI is InChI=1S/C21H31N5O/c1-2-7-15(8-3-1)20-22-21(24-23-20)16-9-6-12-26(13-16)14-18-17-10-4-5-11-19(17)27-25-18/h15-16H,1-14H2,(H,22,23,24). The largest absolute Gasteiger partial charge is 0.361 e. The lowest BCUT2D eigenvalue weighted by Crippen LogP contribution is -2.34. The summed E-state index contributed by atoms with van der Waals surface area (Å²) in [6.07, 6.45) is 13.7. The number of rotatable bonds is 4. The minimum Gasteiger partial charge on any atom is -0.361 e. The Balaban J connectivity index is 1.24. The van der Waals surface area contributed by atoms with Crippen LogP contribution < -0.4 is 0 Å². The van der Waals surface area contributed by atoms with Crippen LogP contribution in [-0.4, -0.2) is 38.3 Å². The van der Waals surface area contributed by atoms with Gasteiger partial charge in [-0.3, -0.25) is 10.00 Å². The van der Waals surface area contributed by atoms with Gasteiger partial charge in [-0.2, -0.15) is 5.10 Å². The molecular weight excluding hydrogens is 338 g/mol. The summed E-state index contributed by atoms with van der Waals surface area (Å²) in [7, 11) is 0. The molecule has 2 aromatic rings. The normalized spacial score (nSPS) is 24.8. The molecule has 3 aliphatic rings. The molecule has 1 atom stereocenters. The van der Waals surface area contributed by atoms with Crippen LogP contribution in [0, 0.1) is 0 Å². The Morgan fingerprint density at radius 2 is 1.81 bits per heavy atom. The first-order valence-corrected chi connectivity index (χ1v) is 11.0. The Labute approximate surface area is 161 Å². The number of aryl methyl sites for hydroxylation is 1. The first kappa shape index (κ1) is 17.4. The van der Waals surface area contributed by atoms with Crippen molar-refractivity contribution in [2.75, 3.05) is 13.1 Å². The van der Waals surface area contributed by atoms with E-state index in [1.54, 1.807) is 0 Å². The van der Waals surface area contributed by atoms with Crippen LogP contribution in [0.5, 0.6) is 0 Å². The molecule has 146 valence electrons. The summed E-state index contributed by atoms with van der Waals surface area (Å²) in [5, 5.41) is 12.3. The van der Waals surface area contributed by atoms with Gasteiger partial charge in [0.2, 0.25) is 0 Å². The lowest BCUT2D eigenvalue weighted by atomic mass is 9.89. The highest BCUT2D eigenvalue weighted by molar-refractivity contribution is 5.25. The number of aromatic amines is 1. The monoisotopic (exact) mass is 369 g/mol. The fraction of sp³-hybridized carbons (Fsp3) is 0.762. The van der Waals surface area contributed by atoms with Crippen LogP contribution in [0.25, 0.3) is 0 Å². The van der Waals surface area contributed by atoms with Gasteiger partial charge in [0.15, 0.2) is 5.82 Å². The third-order valence-corrected chi connectivity index (χ3v) is 6.79. The second-order valence-corrected chi connectivity index (χ2v) is 8.73. The number of nitrogens with zero attached hydrogens (tertiary/aromatic N) is 4.